The van der Waals surface area contributed by atoms with Crippen molar-refractivity contribution in [3.8, 4) is 0 Å². The molecule has 2 N–H and O–H groups in total. The first-order valence-corrected chi connectivity index (χ1v) is 6.26. The van der Waals surface area contributed by atoms with Crippen LogP contribution in [0.1, 0.15) is 12.8 Å². The van der Waals surface area contributed by atoms with E-state index in [1.54, 1.807) is 18.2 Å². The summed E-state index contributed by atoms with van der Waals surface area (Å²) in [5.74, 6) is -2.16. The lowest BCUT2D eigenvalue weighted by molar-refractivity contribution is -0.146. The maximum atomic E-state index is 12.1. The molecule has 0 aromatic carbocycles. The first kappa shape index (κ1) is 13.5. The highest BCUT2D eigenvalue weighted by Crippen LogP contribution is 2.27. The summed E-state index contributed by atoms with van der Waals surface area (Å²) in [6, 6.07) is 3.19. The molecule has 1 aromatic heterocycles. The van der Waals surface area contributed by atoms with Gasteiger partial charge in [-0.15, -0.1) is 0 Å². The zero-order valence-corrected chi connectivity index (χ0v) is 10.8. The third-order valence-electron chi connectivity index (χ3n) is 3.07. The van der Waals surface area contributed by atoms with E-state index in [1.807, 2.05) is 6.08 Å². The number of carboxylic acid groups (broad SMARTS) is 1. The van der Waals surface area contributed by atoms with Gasteiger partial charge in [-0.05, 0) is 25.0 Å². The fourth-order valence-corrected chi connectivity index (χ4v) is 2.16. The predicted octanol–water partition coefficient (Wildman–Crippen LogP) is 2.34. The average Bonchev–Trinajstić information content (AvgIpc) is 2.41. The summed E-state index contributed by atoms with van der Waals surface area (Å²) in [4.78, 5) is 27.2. The standard InChI is InChI=1S/C13H13ClN2O3/c14-8-5-6-11(15-7-8)16-12(17)9-3-1-2-4-10(9)13(18)19/h1-2,5-7,9-10H,3-4H2,(H,18,19)(H,15,16,17)/t9-,10-/m0/s1. The molecule has 0 aliphatic heterocycles. The van der Waals surface area contributed by atoms with Crippen molar-refractivity contribution in [2.24, 2.45) is 11.8 Å². The Bertz CT molecular complexity index is 513. The second-order valence-electron chi connectivity index (χ2n) is 4.34. The predicted molar refractivity (Wildman–Crippen MR) is 70.9 cm³/mol. The zero-order valence-electron chi connectivity index (χ0n) is 10.0. The minimum atomic E-state index is -0.950. The van der Waals surface area contributed by atoms with Gasteiger partial charge in [-0.25, -0.2) is 4.98 Å². The number of nitrogens with one attached hydrogen (secondary N) is 1. The molecule has 1 amide bonds. The molecule has 2 atom stereocenters. The molecule has 0 saturated heterocycles. The van der Waals surface area contributed by atoms with Gasteiger partial charge in [0.1, 0.15) is 5.82 Å². The minimum absolute atomic E-state index is 0.327. The number of carboxylic acids is 1. The Morgan fingerprint density at radius 1 is 1.26 bits per heavy atom. The Balaban J connectivity index is 2.08. The summed E-state index contributed by atoms with van der Waals surface area (Å²) in [5.41, 5.74) is 0. The average molecular weight is 281 g/mol. The topological polar surface area (TPSA) is 79.3 Å². The SMILES string of the molecule is O=C(O)[C@H]1CC=CC[C@@H]1C(=O)Nc1ccc(Cl)cn1. The first-order chi connectivity index (χ1) is 9.08. The number of aliphatic carboxylic acids is 1. The number of anilines is 1. The molecular formula is C13H13ClN2O3. The normalized spacial score (nSPS) is 21.9. The Labute approximate surface area is 115 Å². The van der Waals surface area contributed by atoms with Crippen LogP contribution in [-0.4, -0.2) is 22.0 Å². The van der Waals surface area contributed by atoms with Crippen LogP contribution in [0, 0.1) is 11.8 Å². The van der Waals surface area contributed by atoms with Crippen LogP contribution in [0.2, 0.25) is 5.02 Å². The molecule has 6 heteroatoms. The first-order valence-electron chi connectivity index (χ1n) is 5.88. The molecule has 0 saturated carbocycles. The van der Waals surface area contributed by atoms with Gasteiger partial charge in [0.05, 0.1) is 16.9 Å². The van der Waals surface area contributed by atoms with Crippen LogP contribution in [-0.2, 0) is 9.59 Å². The zero-order chi connectivity index (χ0) is 13.8. The highest BCUT2D eigenvalue weighted by atomic mass is 35.5. The number of allylic oxidation sites excluding steroid dienone is 2. The molecule has 1 aliphatic carbocycles. The molecule has 0 spiro atoms. The quantitative estimate of drug-likeness (QED) is 0.833. The third kappa shape index (κ3) is 3.32. The number of aromatic nitrogens is 1. The van der Waals surface area contributed by atoms with Crippen LogP contribution >= 0.6 is 11.6 Å². The number of carbonyl (C=O) groups excluding carboxylic acids is 1. The highest BCUT2D eigenvalue weighted by molar-refractivity contribution is 6.30. The van der Waals surface area contributed by atoms with Crippen molar-refractivity contribution in [3.05, 3.63) is 35.5 Å². The minimum Gasteiger partial charge on any atom is -0.481 e. The van der Waals surface area contributed by atoms with Crippen LogP contribution in [0.5, 0.6) is 0 Å². The van der Waals surface area contributed by atoms with E-state index in [2.05, 4.69) is 10.3 Å². The number of nitrogens with zero attached hydrogens (tertiary/aromatic N) is 1. The number of hydrogen-bond donors (Lipinski definition) is 2. The molecule has 1 aromatic rings. The van der Waals surface area contributed by atoms with Crippen LogP contribution in [0.25, 0.3) is 0 Å². The van der Waals surface area contributed by atoms with Gasteiger partial charge in [-0.1, -0.05) is 23.8 Å². The summed E-state index contributed by atoms with van der Waals surface area (Å²) in [6.45, 7) is 0. The molecule has 0 unspecified atom stereocenters. The largest absolute Gasteiger partial charge is 0.481 e. The van der Waals surface area contributed by atoms with E-state index in [1.165, 1.54) is 6.20 Å². The van der Waals surface area contributed by atoms with Crippen LogP contribution in [0.15, 0.2) is 30.5 Å². The van der Waals surface area contributed by atoms with Gasteiger partial charge in [0.15, 0.2) is 0 Å². The van der Waals surface area contributed by atoms with Gasteiger partial charge < -0.3 is 10.4 Å². The lowest BCUT2D eigenvalue weighted by atomic mass is 9.82. The molecule has 0 bridgehead atoms. The second kappa shape index (κ2) is 5.84. The van der Waals surface area contributed by atoms with Gasteiger partial charge in [0, 0.05) is 6.20 Å². The number of rotatable bonds is 3. The van der Waals surface area contributed by atoms with E-state index < -0.39 is 17.8 Å². The van der Waals surface area contributed by atoms with E-state index in [-0.39, 0.29) is 5.91 Å². The summed E-state index contributed by atoms with van der Waals surface area (Å²) in [6.07, 6.45) is 5.85. The molecule has 0 fully saturated rings. The second-order valence-corrected chi connectivity index (χ2v) is 4.78. The molecule has 1 aliphatic rings. The third-order valence-corrected chi connectivity index (χ3v) is 3.29. The van der Waals surface area contributed by atoms with Crippen molar-refractivity contribution < 1.29 is 14.7 Å². The van der Waals surface area contributed by atoms with Gasteiger partial charge >= 0.3 is 5.97 Å². The summed E-state index contributed by atoms with van der Waals surface area (Å²) in [7, 11) is 0. The van der Waals surface area contributed by atoms with Crippen molar-refractivity contribution in [1.29, 1.82) is 0 Å². The summed E-state index contributed by atoms with van der Waals surface area (Å²) >= 11 is 5.70. The van der Waals surface area contributed by atoms with E-state index >= 15 is 0 Å². The number of halogens is 1. The number of hydrogen-bond acceptors (Lipinski definition) is 3. The van der Waals surface area contributed by atoms with Crippen molar-refractivity contribution in [3.63, 3.8) is 0 Å². The molecule has 2 rings (SSSR count). The fourth-order valence-electron chi connectivity index (χ4n) is 2.05. The number of carbonyl (C=O) groups is 2. The molecule has 1 heterocycles. The van der Waals surface area contributed by atoms with E-state index in [9.17, 15) is 9.59 Å². The maximum Gasteiger partial charge on any atom is 0.307 e. The monoisotopic (exact) mass is 280 g/mol. The van der Waals surface area contributed by atoms with Crippen molar-refractivity contribution >= 4 is 29.3 Å². The van der Waals surface area contributed by atoms with Crippen molar-refractivity contribution in [2.45, 2.75) is 12.8 Å². The smallest absolute Gasteiger partial charge is 0.307 e. The van der Waals surface area contributed by atoms with Gasteiger partial charge in [-0.2, -0.15) is 0 Å². The lowest BCUT2D eigenvalue weighted by Crippen LogP contribution is -2.34. The molecule has 19 heavy (non-hydrogen) atoms. The Kier molecular flexibility index (Phi) is 4.16. The van der Waals surface area contributed by atoms with Gasteiger partial charge in [-0.3, -0.25) is 9.59 Å². The van der Waals surface area contributed by atoms with Crippen molar-refractivity contribution in [2.75, 3.05) is 5.32 Å². The van der Waals surface area contributed by atoms with E-state index in [4.69, 9.17) is 16.7 Å². The lowest BCUT2D eigenvalue weighted by Gasteiger charge is -2.23. The number of amides is 1. The molecule has 5 nitrogen and oxygen atoms in total. The van der Waals surface area contributed by atoms with E-state index in [0.29, 0.717) is 23.7 Å². The summed E-state index contributed by atoms with van der Waals surface area (Å²) < 4.78 is 0. The van der Waals surface area contributed by atoms with Crippen LogP contribution < -0.4 is 5.32 Å². The van der Waals surface area contributed by atoms with E-state index in [0.717, 1.165) is 0 Å². The Hall–Kier alpha value is -1.88. The summed E-state index contributed by atoms with van der Waals surface area (Å²) in [5, 5.41) is 12.2. The van der Waals surface area contributed by atoms with Crippen LogP contribution in [0.3, 0.4) is 0 Å². The van der Waals surface area contributed by atoms with Gasteiger partial charge in [0.2, 0.25) is 5.91 Å². The highest BCUT2D eigenvalue weighted by Gasteiger charge is 2.34. The maximum absolute atomic E-state index is 12.1. The Morgan fingerprint density at radius 2 is 1.95 bits per heavy atom. The van der Waals surface area contributed by atoms with Crippen molar-refractivity contribution in [1.82, 2.24) is 4.98 Å². The molecular weight excluding hydrogens is 268 g/mol. The molecule has 0 radical (unpaired) electrons. The van der Waals surface area contributed by atoms with Gasteiger partial charge in [0.25, 0.3) is 0 Å². The molecule has 100 valence electrons. The number of pyridine rings is 1. The fraction of sp³-hybridized carbons (Fsp3) is 0.308. The van der Waals surface area contributed by atoms with Crippen LogP contribution in [0.4, 0.5) is 5.82 Å². The Morgan fingerprint density at radius 3 is 2.53 bits per heavy atom.